The number of likely N-dealkylation sites (N-methyl/N-ethyl adjacent to an activating group) is 1. The number of thiocarbonyl (C=S) groups is 1. The molecular formula is C18H27N5O3S2. The maximum absolute atomic E-state index is 12.0. The minimum absolute atomic E-state index is 0.229. The molecule has 154 valence electrons. The first-order valence-corrected chi connectivity index (χ1v) is 11.5. The van der Waals surface area contributed by atoms with Crippen LogP contribution < -0.4 is 5.32 Å². The van der Waals surface area contributed by atoms with Gasteiger partial charge in [-0.15, -0.1) is 0 Å². The van der Waals surface area contributed by atoms with Crippen molar-refractivity contribution in [1.29, 1.82) is 0 Å². The molecule has 2 rings (SSSR count). The lowest BCUT2D eigenvalue weighted by Gasteiger charge is -2.45. The van der Waals surface area contributed by atoms with E-state index >= 15 is 0 Å². The molecule has 1 aliphatic rings. The zero-order valence-electron chi connectivity index (χ0n) is 16.5. The van der Waals surface area contributed by atoms with Crippen LogP contribution in [0.1, 0.15) is 37.7 Å². The topological polar surface area (TPSA) is 104 Å². The van der Waals surface area contributed by atoms with Gasteiger partial charge in [0.15, 0.2) is 0 Å². The Labute approximate surface area is 171 Å². The van der Waals surface area contributed by atoms with E-state index < -0.39 is 16.1 Å². The molecule has 0 aliphatic heterocycles. The third-order valence-electron chi connectivity index (χ3n) is 5.29. The first kappa shape index (κ1) is 22.4. The summed E-state index contributed by atoms with van der Waals surface area (Å²) in [6, 6.07) is 3.30. The molecule has 1 fully saturated rings. The van der Waals surface area contributed by atoms with E-state index in [4.69, 9.17) is 12.2 Å². The van der Waals surface area contributed by atoms with Gasteiger partial charge in [-0.3, -0.25) is 4.98 Å². The van der Waals surface area contributed by atoms with E-state index in [0.717, 1.165) is 42.5 Å². The Kier molecular flexibility index (Phi) is 7.59. The predicted octanol–water partition coefficient (Wildman–Crippen LogP) is 2.91. The van der Waals surface area contributed by atoms with Gasteiger partial charge in [-0.25, -0.2) is 13.2 Å². The van der Waals surface area contributed by atoms with Gasteiger partial charge in [0.05, 0.1) is 11.2 Å². The van der Waals surface area contributed by atoms with Gasteiger partial charge < -0.3 is 10.2 Å². The van der Waals surface area contributed by atoms with Crippen LogP contribution in [-0.2, 0) is 15.4 Å². The lowest BCUT2D eigenvalue weighted by atomic mass is 9.61. The molecule has 0 aromatic carbocycles. The summed E-state index contributed by atoms with van der Waals surface area (Å²) in [5.41, 5.74) is 0.763. The molecule has 0 spiro atoms. The average molecular weight is 426 g/mol. The highest BCUT2D eigenvalue weighted by Crippen LogP contribution is 2.46. The Hall–Kier alpha value is -1.94. The van der Waals surface area contributed by atoms with Gasteiger partial charge in [0.2, 0.25) is 0 Å². The zero-order valence-corrected chi connectivity index (χ0v) is 18.1. The summed E-state index contributed by atoms with van der Waals surface area (Å²) in [7, 11) is -0.246. The van der Waals surface area contributed by atoms with Gasteiger partial charge in [0.25, 0.3) is 10.0 Å². The summed E-state index contributed by atoms with van der Waals surface area (Å²) in [5.74, 6) is 0.229. The minimum Gasteiger partial charge on any atom is -0.382 e. The molecule has 1 aliphatic carbocycles. The van der Waals surface area contributed by atoms with Crippen molar-refractivity contribution in [2.45, 2.75) is 37.5 Å². The zero-order chi connectivity index (χ0) is 20.8. The highest BCUT2D eigenvalue weighted by atomic mass is 32.2. The Morgan fingerprint density at radius 1 is 1.46 bits per heavy atom. The van der Waals surface area contributed by atoms with E-state index in [1.165, 1.54) is 4.90 Å². The third kappa shape index (κ3) is 5.32. The van der Waals surface area contributed by atoms with Crippen molar-refractivity contribution in [3.8, 4) is 0 Å². The van der Waals surface area contributed by atoms with E-state index in [9.17, 15) is 13.2 Å². The number of hydrogen-bond donors (Lipinski definition) is 1. The molecule has 2 amide bonds. The number of urea groups is 1. The molecule has 1 aromatic rings. The van der Waals surface area contributed by atoms with Crippen LogP contribution >= 0.6 is 12.2 Å². The normalized spacial score (nSPS) is 22.8. The van der Waals surface area contributed by atoms with Gasteiger partial charge in [0, 0.05) is 38.4 Å². The van der Waals surface area contributed by atoms with Crippen molar-refractivity contribution in [2.24, 2.45) is 15.6 Å². The molecule has 2 unspecified atom stereocenters. The second kappa shape index (κ2) is 9.51. The molecule has 28 heavy (non-hydrogen) atoms. The Morgan fingerprint density at radius 3 is 2.82 bits per heavy atom. The maximum atomic E-state index is 12.0. The van der Waals surface area contributed by atoms with Crippen LogP contribution in [0.5, 0.6) is 0 Å². The van der Waals surface area contributed by atoms with Crippen molar-refractivity contribution in [3.05, 3.63) is 30.1 Å². The van der Waals surface area contributed by atoms with Crippen molar-refractivity contribution < 1.29 is 13.2 Å². The number of nitrogens with one attached hydrogen (secondary N) is 1. The number of hydrogen-bond acceptors (Lipinski definition) is 5. The van der Waals surface area contributed by atoms with Crippen LogP contribution in [-0.4, -0.2) is 56.2 Å². The standard InChI is InChI=1S/C18H27N5O3S2/c1-19-16(27)18(15-8-6-11-20-13-15)10-5-4-7-14(18)9-12-23(2)17(24)21-22-28(3,25)26/h6,8,11,13-14H,4-5,7,9-10,12H2,1-3H3,(H,19,27). The summed E-state index contributed by atoms with van der Waals surface area (Å²) < 4.78 is 25.2. The molecule has 8 nitrogen and oxygen atoms in total. The van der Waals surface area contributed by atoms with Crippen molar-refractivity contribution in [2.75, 3.05) is 26.9 Å². The second-order valence-corrected chi connectivity index (χ2v) is 9.18. The summed E-state index contributed by atoms with van der Waals surface area (Å²) >= 11 is 5.74. The Morgan fingerprint density at radius 2 is 2.21 bits per heavy atom. The van der Waals surface area contributed by atoms with Gasteiger partial charge in [-0.05, 0) is 36.8 Å². The molecule has 10 heteroatoms. The fourth-order valence-corrected chi connectivity index (χ4v) is 4.53. The van der Waals surface area contributed by atoms with Crippen LogP contribution in [0.15, 0.2) is 34.2 Å². The highest BCUT2D eigenvalue weighted by molar-refractivity contribution is 7.89. The predicted molar refractivity (Wildman–Crippen MR) is 112 cm³/mol. The number of nitrogens with zero attached hydrogens (tertiary/aromatic N) is 4. The Bertz CT molecular complexity index is 829. The molecule has 0 radical (unpaired) electrons. The lowest BCUT2D eigenvalue weighted by molar-refractivity contribution is 0.195. The van der Waals surface area contributed by atoms with Gasteiger partial charge in [-0.1, -0.05) is 40.8 Å². The van der Waals surface area contributed by atoms with Crippen molar-refractivity contribution >= 4 is 33.3 Å². The summed E-state index contributed by atoms with van der Waals surface area (Å²) in [5, 5.41) is 6.46. The van der Waals surface area contributed by atoms with E-state index in [-0.39, 0.29) is 11.3 Å². The fourth-order valence-electron chi connectivity index (χ4n) is 3.93. The van der Waals surface area contributed by atoms with Crippen molar-refractivity contribution in [1.82, 2.24) is 15.2 Å². The highest BCUT2D eigenvalue weighted by Gasteiger charge is 2.45. The van der Waals surface area contributed by atoms with Crippen LogP contribution in [0.4, 0.5) is 4.79 Å². The van der Waals surface area contributed by atoms with E-state index in [2.05, 4.69) is 26.0 Å². The summed E-state index contributed by atoms with van der Waals surface area (Å²) in [6.45, 7) is 0.431. The van der Waals surface area contributed by atoms with Crippen molar-refractivity contribution in [3.63, 3.8) is 0 Å². The summed E-state index contributed by atoms with van der Waals surface area (Å²) in [4.78, 5) is 18.5. The number of pyridine rings is 1. The monoisotopic (exact) mass is 425 g/mol. The Balaban J connectivity index is 2.20. The molecular weight excluding hydrogens is 398 g/mol. The van der Waals surface area contributed by atoms with Crippen LogP contribution in [0.2, 0.25) is 0 Å². The first-order chi connectivity index (χ1) is 13.2. The molecule has 1 saturated carbocycles. The largest absolute Gasteiger partial charge is 0.382 e. The van der Waals surface area contributed by atoms with E-state index in [0.29, 0.717) is 13.0 Å². The molecule has 0 saturated heterocycles. The second-order valence-electron chi connectivity index (χ2n) is 7.14. The minimum atomic E-state index is -3.68. The number of sulfonamides is 1. The molecule has 2 atom stereocenters. The van der Waals surface area contributed by atoms with Crippen LogP contribution in [0.25, 0.3) is 0 Å². The average Bonchev–Trinajstić information content (AvgIpc) is 2.69. The molecule has 1 heterocycles. The van der Waals surface area contributed by atoms with Crippen LogP contribution in [0.3, 0.4) is 0 Å². The quantitative estimate of drug-likeness (QED) is 0.555. The number of rotatable bonds is 6. The van der Waals surface area contributed by atoms with Gasteiger partial charge in [-0.2, -0.15) is 0 Å². The number of aromatic nitrogens is 1. The van der Waals surface area contributed by atoms with E-state index in [1.807, 2.05) is 19.3 Å². The van der Waals surface area contributed by atoms with E-state index in [1.54, 1.807) is 13.2 Å². The maximum Gasteiger partial charge on any atom is 0.362 e. The third-order valence-corrected chi connectivity index (χ3v) is 6.24. The number of amides is 2. The SMILES string of the molecule is CNC(=S)C1(c2cccnc2)CCCCC1CCN(C)C(=O)N=NS(C)(=O)=O. The number of carbonyl (C=O) groups is 1. The lowest BCUT2D eigenvalue weighted by Crippen LogP contribution is -2.50. The van der Waals surface area contributed by atoms with Crippen LogP contribution in [0, 0.1) is 5.92 Å². The summed E-state index contributed by atoms with van der Waals surface area (Å²) in [6.07, 6.45) is 9.32. The fraction of sp³-hybridized carbons (Fsp3) is 0.611. The smallest absolute Gasteiger partial charge is 0.362 e. The molecule has 1 aromatic heterocycles. The number of carbonyl (C=O) groups excluding carboxylic acids is 1. The first-order valence-electron chi connectivity index (χ1n) is 9.21. The van der Waals surface area contributed by atoms with Gasteiger partial charge in [0.1, 0.15) is 0 Å². The molecule has 0 bridgehead atoms. The van der Waals surface area contributed by atoms with Gasteiger partial charge >= 0.3 is 6.03 Å². The molecule has 1 N–H and O–H groups in total.